The SMILES string of the molecule is O=C(N/N=C\c1cn(Cc2ccc(Br)cc2)c2ccccc12)c1ccncc1. The monoisotopic (exact) mass is 432 g/mol. The molecule has 0 radical (unpaired) electrons. The molecule has 1 amide bonds. The van der Waals surface area contributed by atoms with Gasteiger partial charge in [0.1, 0.15) is 0 Å². The maximum Gasteiger partial charge on any atom is 0.271 e. The van der Waals surface area contributed by atoms with Crippen LogP contribution in [0.2, 0.25) is 0 Å². The lowest BCUT2D eigenvalue weighted by molar-refractivity contribution is 0.0955. The Bertz CT molecular complexity index is 1130. The Hall–Kier alpha value is -3.25. The number of nitrogens with one attached hydrogen (secondary N) is 1. The van der Waals surface area contributed by atoms with Crippen molar-refractivity contribution in [3.05, 3.63) is 100 Å². The Labute approximate surface area is 170 Å². The maximum absolute atomic E-state index is 12.1. The van der Waals surface area contributed by atoms with E-state index in [-0.39, 0.29) is 5.91 Å². The van der Waals surface area contributed by atoms with Gasteiger partial charge in [-0.25, -0.2) is 5.43 Å². The normalized spacial score (nSPS) is 11.2. The summed E-state index contributed by atoms with van der Waals surface area (Å²) in [6, 6.07) is 19.7. The highest BCUT2D eigenvalue weighted by Crippen LogP contribution is 2.22. The molecule has 0 aliphatic rings. The van der Waals surface area contributed by atoms with Crippen LogP contribution in [-0.2, 0) is 6.54 Å². The molecule has 4 aromatic rings. The van der Waals surface area contributed by atoms with Gasteiger partial charge >= 0.3 is 0 Å². The number of halogens is 1. The number of amides is 1. The summed E-state index contributed by atoms with van der Waals surface area (Å²) >= 11 is 3.47. The zero-order valence-corrected chi connectivity index (χ0v) is 16.5. The summed E-state index contributed by atoms with van der Waals surface area (Å²) in [7, 11) is 0. The molecule has 0 aliphatic heterocycles. The van der Waals surface area contributed by atoms with Gasteiger partial charge in [-0.05, 0) is 35.9 Å². The second-order valence-electron chi connectivity index (χ2n) is 6.29. The first-order valence-corrected chi connectivity index (χ1v) is 9.56. The third kappa shape index (κ3) is 4.02. The zero-order chi connectivity index (χ0) is 19.3. The number of benzene rings is 2. The predicted octanol–water partition coefficient (Wildman–Crippen LogP) is 4.61. The van der Waals surface area contributed by atoms with Crippen LogP contribution < -0.4 is 5.43 Å². The van der Waals surface area contributed by atoms with Crippen molar-refractivity contribution in [2.24, 2.45) is 5.10 Å². The molecule has 0 fully saturated rings. The standard InChI is InChI=1S/C22H17BrN4O/c23-19-7-5-16(6-8-19)14-27-15-18(20-3-1-2-4-21(20)27)13-25-26-22(28)17-9-11-24-12-10-17/h1-13,15H,14H2,(H,26,28)/b25-13-. The van der Waals surface area contributed by atoms with Crippen molar-refractivity contribution in [2.45, 2.75) is 6.54 Å². The van der Waals surface area contributed by atoms with Crippen molar-refractivity contribution >= 4 is 39.0 Å². The van der Waals surface area contributed by atoms with Gasteiger partial charge in [0.05, 0.1) is 6.21 Å². The minimum atomic E-state index is -0.266. The molecule has 2 heterocycles. The van der Waals surface area contributed by atoms with Gasteiger partial charge in [-0.3, -0.25) is 9.78 Å². The van der Waals surface area contributed by atoms with Gasteiger partial charge in [0.15, 0.2) is 0 Å². The average Bonchev–Trinajstić information content (AvgIpc) is 3.08. The van der Waals surface area contributed by atoms with Gasteiger partial charge in [0.25, 0.3) is 5.91 Å². The highest BCUT2D eigenvalue weighted by atomic mass is 79.9. The van der Waals surface area contributed by atoms with Crippen LogP contribution in [0, 0.1) is 0 Å². The fourth-order valence-corrected chi connectivity index (χ4v) is 3.29. The third-order valence-corrected chi connectivity index (χ3v) is 4.93. The molecule has 0 saturated carbocycles. The smallest absolute Gasteiger partial charge is 0.271 e. The second-order valence-corrected chi connectivity index (χ2v) is 7.21. The summed E-state index contributed by atoms with van der Waals surface area (Å²) in [5.41, 5.74) is 6.36. The largest absolute Gasteiger partial charge is 0.342 e. The molecule has 5 nitrogen and oxygen atoms in total. The Morgan fingerprint density at radius 2 is 1.82 bits per heavy atom. The highest BCUT2D eigenvalue weighted by Gasteiger charge is 2.08. The lowest BCUT2D eigenvalue weighted by atomic mass is 10.2. The molecule has 0 spiro atoms. The van der Waals surface area contributed by atoms with Crippen LogP contribution in [0.25, 0.3) is 10.9 Å². The molecule has 2 aromatic carbocycles. The topological polar surface area (TPSA) is 59.3 Å². The number of hydrogen-bond acceptors (Lipinski definition) is 3. The van der Waals surface area contributed by atoms with Gasteiger partial charge in [-0.1, -0.05) is 46.3 Å². The van der Waals surface area contributed by atoms with E-state index in [9.17, 15) is 4.79 Å². The van der Waals surface area contributed by atoms with Crippen LogP contribution in [0.15, 0.2) is 88.8 Å². The summed E-state index contributed by atoms with van der Waals surface area (Å²) in [6.07, 6.45) is 6.89. The van der Waals surface area contributed by atoms with Crippen LogP contribution >= 0.6 is 15.9 Å². The summed E-state index contributed by atoms with van der Waals surface area (Å²) in [6.45, 7) is 0.755. The van der Waals surface area contributed by atoms with E-state index in [0.717, 1.165) is 27.5 Å². The number of para-hydroxylation sites is 1. The number of carbonyl (C=O) groups excluding carboxylic acids is 1. The van der Waals surface area contributed by atoms with E-state index in [4.69, 9.17) is 0 Å². The minimum Gasteiger partial charge on any atom is -0.342 e. The lowest BCUT2D eigenvalue weighted by Gasteiger charge is -2.05. The van der Waals surface area contributed by atoms with E-state index >= 15 is 0 Å². The number of hydrazone groups is 1. The number of pyridine rings is 1. The van der Waals surface area contributed by atoms with Crippen molar-refractivity contribution in [1.82, 2.24) is 15.0 Å². The maximum atomic E-state index is 12.1. The van der Waals surface area contributed by atoms with E-state index in [2.05, 4.69) is 66.5 Å². The lowest BCUT2D eigenvalue weighted by Crippen LogP contribution is -2.17. The molecule has 0 bridgehead atoms. The van der Waals surface area contributed by atoms with Crippen LogP contribution in [-0.4, -0.2) is 21.7 Å². The molecule has 138 valence electrons. The number of carbonyl (C=O) groups is 1. The van der Waals surface area contributed by atoms with Crippen LogP contribution in [0.1, 0.15) is 21.5 Å². The van der Waals surface area contributed by atoms with Crippen molar-refractivity contribution in [3.63, 3.8) is 0 Å². The summed E-state index contributed by atoms with van der Waals surface area (Å²) in [5.74, 6) is -0.266. The van der Waals surface area contributed by atoms with E-state index in [1.807, 2.05) is 24.3 Å². The van der Waals surface area contributed by atoms with Crippen molar-refractivity contribution in [3.8, 4) is 0 Å². The van der Waals surface area contributed by atoms with Gasteiger partial charge in [-0.15, -0.1) is 0 Å². The van der Waals surface area contributed by atoms with Crippen LogP contribution in [0.3, 0.4) is 0 Å². The number of fused-ring (bicyclic) bond motifs is 1. The van der Waals surface area contributed by atoms with Crippen molar-refractivity contribution in [2.75, 3.05) is 0 Å². The molecule has 0 unspecified atom stereocenters. The Kier molecular flexibility index (Phi) is 5.30. The fraction of sp³-hybridized carbons (Fsp3) is 0.0455. The van der Waals surface area contributed by atoms with Gasteiger partial charge in [0.2, 0.25) is 0 Å². The molecule has 4 rings (SSSR count). The second kappa shape index (κ2) is 8.19. The molecular weight excluding hydrogens is 416 g/mol. The van der Waals surface area contributed by atoms with Crippen LogP contribution in [0.4, 0.5) is 0 Å². The molecule has 6 heteroatoms. The van der Waals surface area contributed by atoms with E-state index in [1.54, 1.807) is 30.7 Å². The predicted molar refractivity (Wildman–Crippen MR) is 114 cm³/mol. The average molecular weight is 433 g/mol. The van der Waals surface area contributed by atoms with Crippen molar-refractivity contribution in [1.29, 1.82) is 0 Å². The Balaban J connectivity index is 1.57. The first-order chi connectivity index (χ1) is 13.7. The Morgan fingerprint density at radius 1 is 1.07 bits per heavy atom. The van der Waals surface area contributed by atoms with E-state index in [0.29, 0.717) is 5.56 Å². The first-order valence-electron chi connectivity index (χ1n) is 8.76. The van der Waals surface area contributed by atoms with Gasteiger partial charge < -0.3 is 4.57 Å². The number of aromatic nitrogens is 2. The van der Waals surface area contributed by atoms with E-state index < -0.39 is 0 Å². The molecule has 1 N–H and O–H groups in total. The number of hydrogen-bond donors (Lipinski definition) is 1. The Morgan fingerprint density at radius 3 is 2.61 bits per heavy atom. The molecule has 0 saturated heterocycles. The fourth-order valence-electron chi connectivity index (χ4n) is 3.02. The summed E-state index contributed by atoms with van der Waals surface area (Å²) in [4.78, 5) is 16.0. The van der Waals surface area contributed by atoms with Crippen molar-refractivity contribution < 1.29 is 4.79 Å². The number of rotatable bonds is 5. The number of nitrogens with zero attached hydrogens (tertiary/aromatic N) is 3. The molecule has 0 atom stereocenters. The van der Waals surface area contributed by atoms with Gasteiger partial charge in [0, 0.05) is 51.6 Å². The van der Waals surface area contributed by atoms with Gasteiger partial charge in [-0.2, -0.15) is 5.10 Å². The third-order valence-electron chi connectivity index (χ3n) is 4.40. The molecule has 28 heavy (non-hydrogen) atoms. The highest BCUT2D eigenvalue weighted by molar-refractivity contribution is 9.10. The summed E-state index contributed by atoms with van der Waals surface area (Å²) < 4.78 is 3.25. The molecule has 2 aromatic heterocycles. The molecule has 0 aliphatic carbocycles. The summed E-state index contributed by atoms with van der Waals surface area (Å²) in [5, 5.41) is 5.22. The first kappa shape index (κ1) is 18.1. The van der Waals surface area contributed by atoms with Crippen LogP contribution in [0.5, 0.6) is 0 Å². The quantitative estimate of drug-likeness (QED) is 0.369. The zero-order valence-electron chi connectivity index (χ0n) is 14.9. The van der Waals surface area contributed by atoms with E-state index in [1.165, 1.54) is 5.56 Å². The molecular formula is C22H17BrN4O. The minimum absolute atomic E-state index is 0.266.